The number of hydrogen-bond donors (Lipinski definition) is 7. The first-order chi connectivity index (χ1) is 18.2. The number of anilines is 1. The molecule has 218 valence electrons. The molecule has 8 N–H and O–H groups in total. The number of hydrogen-bond acceptors (Lipinski definition) is 17. The van der Waals surface area contributed by atoms with Gasteiger partial charge in [-0.1, -0.05) is 0 Å². The van der Waals surface area contributed by atoms with E-state index in [1.54, 1.807) is 0 Å². The number of nitrogen functional groups attached to an aromatic ring is 1. The number of rotatable bonds is 10. The highest BCUT2D eigenvalue weighted by Gasteiger charge is 2.48. The smallest absolute Gasteiger partial charge is 0.454 e. The lowest BCUT2D eigenvalue weighted by molar-refractivity contribution is -0.170. The molecule has 20 nitrogen and oxygen atoms in total. The third-order valence-electron chi connectivity index (χ3n) is 5.62. The Labute approximate surface area is 218 Å². The Morgan fingerprint density at radius 1 is 1.00 bits per heavy atom. The van der Waals surface area contributed by atoms with Crippen LogP contribution in [-0.4, -0.2) is 112 Å². The molecule has 4 rings (SSSR count). The highest BCUT2D eigenvalue weighted by atomic mass is 31.3. The van der Waals surface area contributed by atoms with Crippen LogP contribution in [0, 0.1) is 0 Å². The Kier molecular flexibility index (Phi) is 8.70. The van der Waals surface area contributed by atoms with Crippen molar-refractivity contribution in [1.82, 2.24) is 19.5 Å². The van der Waals surface area contributed by atoms with Crippen molar-refractivity contribution in [2.75, 3.05) is 18.9 Å². The molecule has 2 unspecified atom stereocenters. The van der Waals surface area contributed by atoms with Crippen LogP contribution in [0.4, 0.5) is 5.82 Å². The van der Waals surface area contributed by atoms with Crippen molar-refractivity contribution < 1.29 is 71.7 Å². The molecule has 0 saturated carbocycles. The number of aromatic nitrogens is 4. The first-order valence-electron chi connectivity index (χ1n) is 11.0. The summed E-state index contributed by atoms with van der Waals surface area (Å²) in [7, 11) is -10.7. The minimum atomic E-state index is -5.35. The van der Waals surface area contributed by atoms with Crippen LogP contribution < -0.4 is 5.73 Å². The second-order valence-electron chi connectivity index (χ2n) is 8.37. The Morgan fingerprint density at radius 3 is 2.23 bits per heavy atom. The summed E-state index contributed by atoms with van der Waals surface area (Å²) in [5, 5.41) is 40.5. The summed E-state index contributed by atoms with van der Waals surface area (Å²) >= 11 is 0. The normalized spacial score (nSPS) is 34.1. The van der Waals surface area contributed by atoms with E-state index in [4.69, 9.17) is 15.2 Å². The molecule has 0 radical (unpaired) electrons. The summed E-state index contributed by atoms with van der Waals surface area (Å²) in [5.41, 5.74) is 6.08. The number of nitrogens with two attached hydrogens (primary N) is 1. The largest absolute Gasteiger partial charge is 0.481 e. The number of carbonyl (C=O) groups is 1. The van der Waals surface area contributed by atoms with E-state index in [2.05, 4.69) is 33.0 Å². The van der Waals surface area contributed by atoms with Crippen LogP contribution >= 0.6 is 15.6 Å². The second-order valence-corrected chi connectivity index (χ2v) is 11.4. The minimum Gasteiger partial charge on any atom is -0.454 e. The van der Waals surface area contributed by atoms with Crippen LogP contribution in [-0.2, 0) is 41.5 Å². The van der Waals surface area contributed by atoms with Gasteiger partial charge in [0.2, 0.25) is 0 Å². The second kappa shape index (κ2) is 11.4. The highest BCUT2D eigenvalue weighted by Crippen LogP contribution is 2.60. The maximum absolute atomic E-state index is 12.3. The summed E-state index contributed by atoms with van der Waals surface area (Å²) in [6.45, 7) is -0.818. The quantitative estimate of drug-likeness (QED) is 0.107. The van der Waals surface area contributed by atoms with Gasteiger partial charge < -0.3 is 50.2 Å². The van der Waals surface area contributed by atoms with E-state index in [9.17, 15) is 44.1 Å². The fourth-order valence-electron chi connectivity index (χ4n) is 3.84. The van der Waals surface area contributed by atoms with Gasteiger partial charge in [-0.3, -0.25) is 18.4 Å². The number of phosphoric acid groups is 2. The van der Waals surface area contributed by atoms with E-state index in [0.717, 1.165) is 13.3 Å². The van der Waals surface area contributed by atoms with Gasteiger partial charge in [-0.15, -0.1) is 0 Å². The SMILES string of the molecule is CC(=O)O[C@H]1[C@@H](O)[C@@H](COP(=O)(O)OP(=O)(O)OC[C@H]2O[C@@H](n3cnc4c(N)ncnc43)[C@@H](O)[C@H]2O)O[C@H]1O. The average molecular weight is 601 g/mol. The Morgan fingerprint density at radius 2 is 1.62 bits per heavy atom. The third kappa shape index (κ3) is 6.60. The molecule has 0 bridgehead atoms. The maximum Gasteiger partial charge on any atom is 0.481 e. The molecular formula is C17H25N5O15P2. The summed E-state index contributed by atoms with van der Waals surface area (Å²) < 4.78 is 54.1. The molecule has 0 aromatic carbocycles. The number of carbonyl (C=O) groups excluding carboxylic acids is 1. The van der Waals surface area contributed by atoms with E-state index in [-0.39, 0.29) is 17.0 Å². The first-order valence-corrected chi connectivity index (χ1v) is 14.0. The van der Waals surface area contributed by atoms with Gasteiger partial charge in [-0.2, -0.15) is 4.31 Å². The van der Waals surface area contributed by atoms with E-state index in [0.29, 0.717) is 0 Å². The van der Waals surface area contributed by atoms with Crippen LogP contribution in [0.2, 0.25) is 0 Å². The van der Waals surface area contributed by atoms with Gasteiger partial charge in [0.05, 0.1) is 19.5 Å². The lowest BCUT2D eigenvalue weighted by Crippen LogP contribution is -2.37. The summed E-state index contributed by atoms with van der Waals surface area (Å²) in [6.07, 6.45) is -10.0. The van der Waals surface area contributed by atoms with Gasteiger partial charge in [0.15, 0.2) is 30.1 Å². The van der Waals surface area contributed by atoms with Gasteiger partial charge in [0.1, 0.15) is 42.4 Å². The lowest BCUT2D eigenvalue weighted by Gasteiger charge is -2.20. The van der Waals surface area contributed by atoms with Crippen molar-refractivity contribution in [3.8, 4) is 0 Å². The van der Waals surface area contributed by atoms with E-state index >= 15 is 0 Å². The van der Waals surface area contributed by atoms with Gasteiger partial charge >= 0.3 is 21.6 Å². The van der Waals surface area contributed by atoms with Gasteiger partial charge in [0.25, 0.3) is 0 Å². The molecule has 2 aliphatic heterocycles. The molecular weight excluding hydrogens is 576 g/mol. The Hall–Kier alpha value is -2.16. The van der Waals surface area contributed by atoms with Crippen LogP contribution in [0.25, 0.3) is 11.2 Å². The molecule has 0 spiro atoms. The molecule has 0 amide bonds. The number of fused-ring (bicyclic) bond motifs is 1. The monoisotopic (exact) mass is 601 g/mol. The highest BCUT2D eigenvalue weighted by molar-refractivity contribution is 7.61. The molecule has 39 heavy (non-hydrogen) atoms. The van der Waals surface area contributed by atoms with Crippen molar-refractivity contribution in [3.05, 3.63) is 12.7 Å². The van der Waals surface area contributed by atoms with Crippen molar-refractivity contribution in [2.24, 2.45) is 0 Å². The molecule has 10 atom stereocenters. The van der Waals surface area contributed by atoms with Crippen molar-refractivity contribution in [1.29, 1.82) is 0 Å². The van der Waals surface area contributed by atoms with Crippen molar-refractivity contribution >= 4 is 38.6 Å². The number of phosphoric ester groups is 2. The van der Waals surface area contributed by atoms with Crippen molar-refractivity contribution in [3.63, 3.8) is 0 Å². The van der Waals surface area contributed by atoms with Gasteiger partial charge in [-0.25, -0.2) is 24.1 Å². The van der Waals surface area contributed by atoms with E-state index in [1.165, 1.54) is 10.9 Å². The number of aliphatic hydroxyl groups is 4. The zero-order valence-electron chi connectivity index (χ0n) is 19.8. The molecule has 2 fully saturated rings. The molecule has 2 saturated heterocycles. The van der Waals surface area contributed by atoms with Crippen LogP contribution in [0.5, 0.6) is 0 Å². The molecule has 22 heteroatoms. The van der Waals surface area contributed by atoms with Gasteiger partial charge in [0, 0.05) is 6.92 Å². The van der Waals surface area contributed by atoms with Crippen LogP contribution in [0.15, 0.2) is 12.7 Å². The molecule has 4 heterocycles. The van der Waals surface area contributed by atoms with Crippen LogP contribution in [0.3, 0.4) is 0 Å². The fourth-order valence-corrected chi connectivity index (χ4v) is 5.93. The fraction of sp³-hybridized carbons (Fsp3) is 0.647. The van der Waals surface area contributed by atoms with Crippen LogP contribution in [0.1, 0.15) is 13.2 Å². The predicted octanol–water partition coefficient (Wildman–Crippen LogP) is -2.71. The standard InChI is InChI=1S/C17H25N5O15P2/c1-6(23)34-13-11(25)8(36-17(13)27)3-33-39(30,31)37-38(28,29)32-2-7-10(24)12(26)16(35-7)22-5-21-9-14(18)19-4-20-15(9)22/h4-5,7-8,10-13,16-17,24-27H,2-3H2,1H3,(H,28,29)(H,30,31)(H2,18,19,20)/t7-,8-,10+,11+,12+,13+,16-,17-/m1/s1. The Bertz CT molecular complexity index is 1300. The zero-order valence-corrected chi connectivity index (χ0v) is 21.6. The zero-order chi connectivity index (χ0) is 28.7. The molecule has 2 aromatic heterocycles. The summed E-state index contributed by atoms with van der Waals surface area (Å²) in [5.74, 6) is -0.792. The molecule has 2 aromatic rings. The first kappa shape index (κ1) is 29.8. The number of ether oxygens (including phenoxy) is 3. The van der Waals surface area contributed by atoms with E-state index < -0.39 is 84.0 Å². The number of nitrogens with zero attached hydrogens (tertiary/aromatic N) is 4. The van der Waals surface area contributed by atoms with Crippen molar-refractivity contribution in [2.45, 2.75) is 56.1 Å². The topological polar surface area (TPSA) is 298 Å². The Balaban J connectivity index is 1.32. The average Bonchev–Trinajstić information content (AvgIpc) is 3.47. The van der Waals surface area contributed by atoms with Gasteiger partial charge in [-0.05, 0) is 0 Å². The molecule has 2 aliphatic rings. The number of imidazole rings is 1. The summed E-state index contributed by atoms with van der Waals surface area (Å²) in [6, 6.07) is 0. The van der Waals surface area contributed by atoms with E-state index in [1.807, 2.05) is 0 Å². The number of esters is 1. The number of aliphatic hydroxyl groups excluding tert-OH is 4. The predicted molar refractivity (Wildman–Crippen MR) is 121 cm³/mol. The maximum atomic E-state index is 12.3. The third-order valence-corrected chi connectivity index (χ3v) is 8.23. The minimum absolute atomic E-state index is 0.0510. The summed E-state index contributed by atoms with van der Waals surface area (Å²) in [4.78, 5) is 42.5. The molecule has 0 aliphatic carbocycles. The lowest BCUT2D eigenvalue weighted by atomic mass is 10.1.